The number of fused-ring (bicyclic) bond motifs is 6. The highest BCUT2D eigenvalue weighted by Gasteiger charge is 2.11. The third-order valence-corrected chi connectivity index (χ3v) is 5.44. The predicted octanol–water partition coefficient (Wildman–Crippen LogP) is 7.29. The van der Waals surface area contributed by atoms with Gasteiger partial charge in [-0.15, -0.1) is 0 Å². The van der Waals surface area contributed by atoms with Crippen LogP contribution < -0.4 is 0 Å². The lowest BCUT2D eigenvalue weighted by Crippen LogP contribution is -1.78. The summed E-state index contributed by atoms with van der Waals surface area (Å²) >= 11 is 0. The van der Waals surface area contributed by atoms with Crippen LogP contribution in [-0.2, 0) is 0 Å². The molecule has 5 aromatic carbocycles. The molecular weight excluding hydrogens is 352 g/mol. The van der Waals surface area contributed by atoms with Crippen molar-refractivity contribution < 1.29 is 4.42 Å². The molecule has 29 heavy (non-hydrogen) atoms. The molecule has 0 bridgehead atoms. The molecule has 0 radical (unpaired) electrons. The molecule has 0 N–H and O–H groups in total. The molecule has 0 aliphatic rings. The van der Waals surface area contributed by atoms with Gasteiger partial charge in [0.1, 0.15) is 11.2 Å². The summed E-state index contributed by atoms with van der Waals surface area (Å²) in [6.45, 7) is 0. The highest BCUT2D eigenvalue weighted by atomic mass is 16.3. The molecule has 6 aromatic rings. The summed E-state index contributed by atoms with van der Waals surface area (Å²) in [5.41, 5.74) is 3.84. The Hall–Kier alpha value is -4.02. The van der Waals surface area contributed by atoms with E-state index < -0.39 is 0 Å². The minimum atomic E-state index is 0.894. The molecule has 0 amide bonds. The van der Waals surface area contributed by atoms with E-state index in [1.807, 2.05) is 42.5 Å². The smallest absolute Gasteiger partial charge is 0.143 e. The van der Waals surface area contributed by atoms with Crippen LogP contribution in [-0.4, -0.2) is 0 Å². The van der Waals surface area contributed by atoms with Crippen molar-refractivity contribution in [2.45, 2.75) is 0 Å². The molecule has 1 heteroatoms. The van der Waals surface area contributed by atoms with Gasteiger partial charge in [-0.05, 0) is 64.7 Å². The van der Waals surface area contributed by atoms with E-state index in [9.17, 15) is 0 Å². The highest BCUT2D eigenvalue weighted by Crippen LogP contribution is 2.36. The second kappa shape index (κ2) is 6.26. The Kier molecular flexibility index (Phi) is 3.45. The number of benzene rings is 5. The van der Waals surface area contributed by atoms with Gasteiger partial charge < -0.3 is 4.42 Å². The van der Waals surface area contributed by atoms with Crippen molar-refractivity contribution in [2.75, 3.05) is 0 Å². The van der Waals surface area contributed by atoms with Crippen LogP contribution >= 0.6 is 0 Å². The van der Waals surface area contributed by atoms with Crippen molar-refractivity contribution in [2.24, 2.45) is 0 Å². The largest absolute Gasteiger partial charge is 0.455 e. The molecule has 134 valence electrons. The molecule has 6 rings (SSSR count). The highest BCUT2D eigenvalue weighted by molar-refractivity contribution is 6.17. The lowest BCUT2D eigenvalue weighted by Gasteiger charge is -2.02. The third kappa shape index (κ3) is 2.66. The van der Waals surface area contributed by atoms with Crippen LogP contribution in [0, 0.1) is 11.8 Å². The standard InChI is InChI=1S/C28H16O/c1-2-6-19(7-3-1)10-11-20-12-15-27-26(16-20)24-14-13-23-17-21-8-4-5-9-22(21)18-25(23)28(24)29-27/h1-9,12-18H. The topological polar surface area (TPSA) is 13.1 Å². The van der Waals surface area contributed by atoms with Crippen molar-refractivity contribution in [3.8, 4) is 11.8 Å². The fourth-order valence-electron chi connectivity index (χ4n) is 3.99. The molecule has 0 atom stereocenters. The van der Waals surface area contributed by atoms with Crippen molar-refractivity contribution in [1.82, 2.24) is 0 Å². The van der Waals surface area contributed by atoms with Crippen LogP contribution in [0.2, 0.25) is 0 Å². The summed E-state index contributed by atoms with van der Waals surface area (Å²) in [7, 11) is 0. The fourth-order valence-corrected chi connectivity index (χ4v) is 3.99. The zero-order chi connectivity index (χ0) is 19.2. The Bertz CT molecular complexity index is 1590. The monoisotopic (exact) mass is 368 g/mol. The molecule has 0 aliphatic heterocycles. The minimum Gasteiger partial charge on any atom is -0.455 e. The Balaban J connectivity index is 1.57. The Labute approximate surface area is 168 Å². The first kappa shape index (κ1) is 16.0. The normalized spacial score (nSPS) is 11.2. The first-order valence-electron chi connectivity index (χ1n) is 9.70. The molecule has 1 nitrogen and oxygen atoms in total. The summed E-state index contributed by atoms with van der Waals surface area (Å²) in [4.78, 5) is 0. The number of hydrogen-bond acceptors (Lipinski definition) is 1. The van der Waals surface area contributed by atoms with Gasteiger partial charge in [0, 0.05) is 27.3 Å². The summed E-state index contributed by atoms with van der Waals surface area (Å²) in [5, 5.41) is 7.05. The van der Waals surface area contributed by atoms with Crippen LogP contribution in [0.15, 0.2) is 101 Å². The van der Waals surface area contributed by atoms with Gasteiger partial charge in [0.15, 0.2) is 0 Å². The molecule has 0 saturated carbocycles. The van der Waals surface area contributed by atoms with Crippen LogP contribution in [0.4, 0.5) is 0 Å². The van der Waals surface area contributed by atoms with Gasteiger partial charge in [-0.2, -0.15) is 0 Å². The van der Waals surface area contributed by atoms with E-state index in [1.165, 1.54) is 16.2 Å². The zero-order valence-electron chi connectivity index (χ0n) is 15.6. The number of hydrogen-bond donors (Lipinski definition) is 0. The first-order valence-corrected chi connectivity index (χ1v) is 9.70. The summed E-state index contributed by atoms with van der Waals surface area (Å²) in [6.07, 6.45) is 0. The molecule has 0 fully saturated rings. The van der Waals surface area contributed by atoms with Crippen molar-refractivity contribution >= 4 is 43.5 Å². The Morgan fingerprint density at radius 2 is 1.24 bits per heavy atom. The molecule has 0 spiro atoms. The van der Waals surface area contributed by atoms with Crippen LogP contribution in [0.5, 0.6) is 0 Å². The van der Waals surface area contributed by atoms with Gasteiger partial charge in [-0.25, -0.2) is 0 Å². The Morgan fingerprint density at radius 3 is 2.10 bits per heavy atom. The summed E-state index contributed by atoms with van der Waals surface area (Å²) in [6, 6.07) is 33.5. The van der Waals surface area contributed by atoms with Crippen LogP contribution in [0.3, 0.4) is 0 Å². The van der Waals surface area contributed by atoms with E-state index in [4.69, 9.17) is 4.42 Å². The van der Waals surface area contributed by atoms with E-state index in [1.54, 1.807) is 0 Å². The molecule has 1 heterocycles. The predicted molar refractivity (Wildman–Crippen MR) is 121 cm³/mol. The van der Waals surface area contributed by atoms with Crippen LogP contribution in [0.25, 0.3) is 43.5 Å². The average molecular weight is 368 g/mol. The van der Waals surface area contributed by atoms with E-state index in [-0.39, 0.29) is 0 Å². The SMILES string of the molecule is C(#Cc1ccc2oc3c4cc5ccccc5cc4ccc3c2c1)c1ccccc1. The third-order valence-electron chi connectivity index (χ3n) is 5.44. The van der Waals surface area contributed by atoms with Gasteiger partial charge in [-0.3, -0.25) is 0 Å². The van der Waals surface area contributed by atoms with Crippen molar-refractivity contribution in [3.05, 3.63) is 108 Å². The number of furan rings is 1. The lowest BCUT2D eigenvalue weighted by atomic mass is 10.0. The van der Waals surface area contributed by atoms with Crippen molar-refractivity contribution in [3.63, 3.8) is 0 Å². The second-order valence-electron chi connectivity index (χ2n) is 7.29. The molecule has 1 aromatic heterocycles. The Morgan fingerprint density at radius 1 is 0.483 bits per heavy atom. The molecule has 0 saturated heterocycles. The van der Waals surface area contributed by atoms with E-state index in [2.05, 4.69) is 66.4 Å². The summed E-state index contributed by atoms with van der Waals surface area (Å²) in [5.74, 6) is 6.51. The summed E-state index contributed by atoms with van der Waals surface area (Å²) < 4.78 is 6.28. The maximum absolute atomic E-state index is 6.28. The van der Waals surface area contributed by atoms with Crippen molar-refractivity contribution in [1.29, 1.82) is 0 Å². The first-order chi connectivity index (χ1) is 14.3. The van der Waals surface area contributed by atoms with Gasteiger partial charge in [0.2, 0.25) is 0 Å². The zero-order valence-corrected chi connectivity index (χ0v) is 15.6. The van der Waals surface area contributed by atoms with Gasteiger partial charge in [0.05, 0.1) is 0 Å². The number of rotatable bonds is 0. The average Bonchev–Trinajstić information content (AvgIpc) is 3.15. The quantitative estimate of drug-likeness (QED) is 0.203. The van der Waals surface area contributed by atoms with Gasteiger partial charge >= 0.3 is 0 Å². The van der Waals surface area contributed by atoms with Crippen LogP contribution in [0.1, 0.15) is 11.1 Å². The molecule has 0 aliphatic carbocycles. The maximum atomic E-state index is 6.28. The van der Waals surface area contributed by atoms with E-state index in [0.29, 0.717) is 0 Å². The lowest BCUT2D eigenvalue weighted by molar-refractivity contribution is 0.672. The van der Waals surface area contributed by atoms with Gasteiger partial charge in [-0.1, -0.05) is 60.4 Å². The fraction of sp³-hybridized carbons (Fsp3) is 0. The molecular formula is C28H16O. The van der Waals surface area contributed by atoms with Gasteiger partial charge in [0.25, 0.3) is 0 Å². The second-order valence-corrected chi connectivity index (χ2v) is 7.29. The molecule has 0 unspecified atom stereocenters. The minimum absolute atomic E-state index is 0.894. The maximum Gasteiger partial charge on any atom is 0.143 e. The van der Waals surface area contributed by atoms with E-state index in [0.717, 1.165) is 38.5 Å². The van der Waals surface area contributed by atoms with E-state index >= 15 is 0 Å².